The predicted octanol–water partition coefficient (Wildman–Crippen LogP) is 1.80. The van der Waals surface area contributed by atoms with Gasteiger partial charge < -0.3 is 5.32 Å². The highest BCUT2D eigenvalue weighted by Crippen LogP contribution is 2.34. The van der Waals surface area contributed by atoms with Crippen LogP contribution in [0, 0.1) is 0 Å². The maximum Gasteiger partial charge on any atom is 0.207 e. The topological polar surface area (TPSA) is 50.4 Å². The van der Waals surface area contributed by atoms with Crippen LogP contribution in [0.4, 0.5) is 0 Å². The summed E-state index contributed by atoms with van der Waals surface area (Å²) in [5.41, 5.74) is 6.01. The number of hydroxylamine groups is 1. The van der Waals surface area contributed by atoms with Crippen LogP contribution in [0.25, 0.3) is 4.91 Å². The third kappa shape index (κ3) is 2.37. The van der Waals surface area contributed by atoms with Gasteiger partial charge in [0.15, 0.2) is 0 Å². The van der Waals surface area contributed by atoms with Crippen molar-refractivity contribution >= 4 is 23.4 Å². The van der Waals surface area contributed by atoms with Gasteiger partial charge in [-0.2, -0.15) is 4.28 Å². The minimum Gasteiger partial charge on any atom is -0.355 e. The number of hydrogen-bond donors (Lipinski definition) is 2. The summed E-state index contributed by atoms with van der Waals surface area (Å²) in [7, 11) is 0. The summed E-state index contributed by atoms with van der Waals surface area (Å²) in [4.78, 5) is 11.2. The van der Waals surface area contributed by atoms with Crippen LogP contribution >= 0.6 is 12.0 Å². The van der Waals surface area contributed by atoms with E-state index in [1.165, 1.54) is 12.0 Å². The Kier molecular flexibility index (Phi) is 3.48. The average Bonchev–Trinajstić information content (AvgIpc) is 2.74. The molecule has 4 nitrogen and oxygen atoms in total. The summed E-state index contributed by atoms with van der Waals surface area (Å²) in [5.74, 6) is 0. The van der Waals surface area contributed by atoms with Gasteiger partial charge in [-0.15, -0.1) is 0 Å². The molecule has 1 aromatic carbocycles. The van der Waals surface area contributed by atoms with Crippen LogP contribution in [0.3, 0.4) is 0 Å². The van der Waals surface area contributed by atoms with E-state index in [1.54, 1.807) is 0 Å². The molecule has 0 fully saturated rings. The van der Waals surface area contributed by atoms with Crippen molar-refractivity contribution < 1.29 is 9.08 Å². The summed E-state index contributed by atoms with van der Waals surface area (Å²) in [5, 5.41) is 2.63. The molecule has 0 unspecified atom stereocenters. The monoisotopic (exact) mass is 236 g/mol. The molecule has 0 spiro atoms. The Bertz CT molecular complexity index is 414. The molecule has 84 valence electrons. The average molecular weight is 236 g/mol. The molecule has 0 aliphatic carbocycles. The fourth-order valence-electron chi connectivity index (χ4n) is 1.43. The van der Waals surface area contributed by atoms with Crippen LogP contribution in [0.15, 0.2) is 30.0 Å². The first-order valence-corrected chi connectivity index (χ1v) is 5.62. The van der Waals surface area contributed by atoms with Crippen molar-refractivity contribution in [3.8, 4) is 0 Å². The maximum absolute atomic E-state index is 10.2. The molecule has 0 radical (unpaired) electrons. The molecule has 1 aromatic rings. The highest BCUT2D eigenvalue weighted by molar-refractivity contribution is 8.04. The van der Waals surface area contributed by atoms with Gasteiger partial charge in [0.05, 0.1) is 22.6 Å². The molecular formula is C11H12N2O2S. The molecule has 0 saturated heterocycles. The lowest BCUT2D eigenvalue weighted by molar-refractivity contribution is -0.109. The molecule has 2 rings (SSSR count). The van der Waals surface area contributed by atoms with Crippen LogP contribution < -0.4 is 10.8 Å². The minimum absolute atomic E-state index is 0.559. The zero-order chi connectivity index (χ0) is 11.4. The quantitative estimate of drug-likeness (QED) is 0.618. The van der Waals surface area contributed by atoms with Gasteiger partial charge in [-0.3, -0.25) is 10.3 Å². The third-order valence-corrected chi connectivity index (χ3v) is 3.14. The van der Waals surface area contributed by atoms with Crippen molar-refractivity contribution in [2.24, 2.45) is 0 Å². The van der Waals surface area contributed by atoms with Crippen molar-refractivity contribution in [3.05, 3.63) is 41.1 Å². The first-order valence-electron chi connectivity index (χ1n) is 4.88. The van der Waals surface area contributed by atoms with E-state index < -0.39 is 0 Å². The fourth-order valence-corrected chi connectivity index (χ4v) is 2.08. The van der Waals surface area contributed by atoms with E-state index in [0.29, 0.717) is 13.0 Å². The Morgan fingerprint density at radius 2 is 2.19 bits per heavy atom. The van der Waals surface area contributed by atoms with Gasteiger partial charge in [-0.25, -0.2) is 0 Å². The molecule has 1 aliphatic heterocycles. The van der Waals surface area contributed by atoms with E-state index in [9.17, 15) is 4.79 Å². The number of benzene rings is 1. The highest BCUT2D eigenvalue weighted by Gasteiger charge is 2.14. The number of rotatable bonds is 4. The van der Waals surface area contributed by atoms with Crippen LogP contribution in [0.2, 0.25) is 0 Å². The van der Waals surface area contributed by atoms with Crippen LogP contribution in [0.5, 0.6) is 0 Å². The summed E-state index contributed by atoms with van der Waals surface area (Å²) in [6.07, 6.45) is 0.700. The molecule has 0 bridgehead atoms. The Balaban J connectivity index is 2.13. The van der Waals surface area contributed by atoms with Gasteiger partial charge in [-0.1, -0.05) is 24.3 Å². The second-order valence-electron chi connectivity index (χ2n) is 3.42. The molecule has 2 N–H and O–H groups in total. The third-order valence-electron chi connectivity index (χ3n) is 2.27. The van der Waals surface area contributed by atoms with E-state index in [2.05, 4.69) is 10.8 Å². The second-order valence-corrected chi connectivity index (χ2v) is 4.16. The Hall–Kier alpha value is -1.46. The fraction of sp³-hybridized carbons (Fsp3) is 0.182. The second kappa shape index (κ2) is 5.05. The molecule has 0 aromatic heterocycles. The molecule has 1 aliphatic rings. The van der Waals surface area contributed by atoms with E-state index in [1.807, 2.05) is 31.2 Å². The van der Waals surface area contributed by atoms with Crippen LogP contribution in [-0.2, 0) is 15.6 Å². The van der Waals surface area contributed by atoms with Gasteiger partial charge >= 0.3 is 0 Å². The first kappa shape index (κ1) is 11.0. The molecular weight excluding hydrogens is 224 g/mol. The van der Waals surface area contributed by atoms with Gasteiger partial charge in [0.25, 0.3) is 0 Å². The number of nitrogens with one attached hydrogen (secondary N) is 2. The van der Waals surface area contributed by atoms with Gasteiger partial charge in [-0.05, 0) is 18.1 Å². The molecule has 1 amide bonds. The number of amides is 1. The van der Waals surface area contributed by atoms with Crippen molar-refractivity contribution in [1.29, 1.82) is 0 Å². The zero-order valence-electron chi connectivity index (χ0n) is 8.82. The van der Waals surface area contributed by atoms with Crippen molar-refractivity contribution in [2.45, 2.75) is 13.5 Å². The standard InChI is InChI=1S/C11H12N2O2S/c1-8-11(16-15-13-8)10-4-2-9(3-5-10)6-12-7-14/h2-5,7,13H,6H2,1H3,(H,12,14). The van der Waals surface area contributed by atoms with Gasteiger partial charge in [0.2, 0.25) is 6.41 Å². The lowest BCUT2D eigenvalue weighted by Crippen LogP contribution is -2.09. The lowest BCUT2D eigenvalue weighted by Gasteiger charge is -2.03. The number of carbonyl (C=O) groups excluding carboxylic acids is 1. The van der Waals surface area contributed by atoms with Crippen molar-refractivity contribution in [2.75, 3.05) is 0 Å². The van der Waals surface area contributed by atoms with E-state index in [4.69, 9.17) is 4.28 Å². The largest absolute Gasteiger partial charge is 0.355 e. The number of hydrogen-bond acceptors (Lipinski definition) is 4. The number of carbonyl (C=O) groups is 1. The molecule has 5 heteroatoms. The summed E-state index contributed by atoms with van der Waals surface area (Å²) < 4.78 is 5.05. The molecule has 0 saturated carbocycles. The van der Waals surface area contributed by atoms with Gasteiger partial charge in [0, 0.05) is 6.54 Å². The highest BCUT2D eigenvalue weighted by atomic mass is 32.2. The number of allylic oxidation sites excluding steroid dienone is 1. The molecule has 0 atom stereocenters. The summed E-state index contributed by atoms with van der Waals surface area (Å²) in [6.45, 7) is 2.53. The van der Waals surface area contributed by atoms with Crippen LogP contribution in [-0.4, -0.2) is 6.41 Å². The SMILES string of the molecule is CC1=C(c2ccc(CNC=O)cc2)SON1. The molecule has 1 heterocycles. The lowest BCUT2D eigenvalue weighted by atomic mass is 10.1. The van der Waals surface area contributed by atoms with Crippen LogP contribution in [0.1, 0.15) is 18.1 Å². The molecule has 16 heavy (non-hydrogen) atoms. The zero-order valence-corrected chi connectivity index (χ0v) is 9.64. The summed E-state index contributed by atoms with van der Waals surface area (Å²) in [6, 6.07) is 8.02. The first-order chi connectivity index (χ1) is 7.81. The Labute approximate surface area is 98.2 Å². The van der Waals surface area contributed by atoms with E-state index in [0.717, 1.165) is 21.7 Å². The normalized spacial score (nSPS) is 14.8. The minimum atomic E-state index is 0.559. The van der Waals surface area contributed by atoms with Crippen molar-refractivity contribution in [1.82, 2.24) is 10.8 Å². The van der Waals surface area contributed by atoms with E-state index in [-0.39, 0.29) is 0 Å². The van der Waals surface area contributed by atoms with Gasteiger partial charge in [0.1, 0.15) is 0 Å². The van der Waals surface area contributed by atoms with Crippen molar-refractivity contribution in [3.63, 3.8) is 0 Å². The summed E-state index contributed by atoms with van der Waals surface area (Å²) >= 11 is 1.32. The van der Waals surface area contributed by atoms with E-state index >= 15 is 0 Å². The Morgan fingerprint density at radius 1 is 1.44 bits per heavy atom. The predicted molar refractivity (Wildman–Crippen MR) is 63.8 cm³/mol. The Morgan fingerprint density at radius 3 is 2.75 bits per heavy atom. The maximum atomic E-state index is 10.2. The smallest absolute Gasteiger partial charge is 0.207 e.